The predicted molar refractivity (Wildman–Crippen MR) is 60.5 cm³/mol. The van der Waals surface area contributed by atoms with Crippen molar-refractivity contribution in [2.24, 2.45) is 0 Å². The summed E-state index contributed by atoms with van der Waals surface area (Å²) in [7, 11) is 0. The van der Waals surface area contributed by atoms with Gasteiger partial charge in [-0.05, 0) is 18.9 Å². The summed E-state index contributed by atoms with van der Waals surface area (Å²) in [6, 6.07) is 3.81. The van der Waals surface area contributed by atoms with Crippen molar-refractivity contribution in [2.75, 3.05) is 0 Å². The van der Waals surface area contributed by atoms with Gasteiger partial charge in [-0.1, -0.05) is 6.42 Å². The van der Waals surface area contributed by atoms with E-state index in [9.17, 15) is 4.39 Å². The van der Waals surface area contributed by atoms with Crippen LogP contribution in [-0.4, -0.2) is 34.6 Å². The van der Waals surface area contributed by atoms with Crippen molar-refractivity contribution in [3.05, 3.63) is 18.3 Å². The molecule has 2 fully saturated rings. The van der Waals surface area contributed by atoms with Gasteiger partial charge in [0.15, 0.2) is 6.17 Å². The molecule has 0 saturated carbocycles. The van der Waals surface area contributed by atoms with Gasteiger partial charge < -0.3 is 10.1 Å². The third-order valence-electron chi connectivity index (χ3n) is 3.59. The number of hydrogen-bond acceptors (Lipinski definition) is 4. The molecule has 0 aromatic carbocycles. The molecule has 17 heavy (non-hydrogen) atoms. The van der Waals surface area contributed by atoms with Crippen LogP contribution < -0.4 is 10.1 Å². The first-order valence-electron chi connectivity index (χ1n) is 6.17. The zero-order valence-electron chi connectivity index (χ0n) is 9.55. The van der Waals surface area contributed by atoms with Gasteiger partial charge in [0.2, 0.25) is 5.88 Å². The summed E-state index contributed by atoms with van der Waals surface area (Å²) in [5.74, 6) is 0.417. The summed E-state index contributed by atoms with van der Waals surface area (Å²) in [5, 5.41) is 10.9. The van der Waals surface area contributed by atoms with Crippen LogP contribution in [0.2, 0.25) is 0 Å². The first kappa shape index (κ1) is 10.9. The van der Waals surface area contributed by atoms with Crippen LogP contribution in [0.15, 0.2) is 18.3 Å². The summed E-state index contributed by atoms with van der Waals surface area (Å²) in [4.78, 5) is 0. The van der Waals surface area contributed by atoms with Crippen LogP contribution in [0, 0.1) is 0 Å². The quantitative estimate of drug-likeness (QED) is 0.846. The van der Waals surface area contributed by atoms with E-state index in [1.807, 2.05) is 0 Å². The lowest BCUT2D eigenvalue weighted by Gasteiger charge is -2.42. The van der Waals surface area contributed by atoms with E-state index in [-0.39, 0.29) is 12.1 Å². The lowest BCUT2D eigenvalue weighted by atomic mass is 9.84. The number of hydrogen-bond donors (Lipinski definition) is 1. The molecule has 0 amide bonds. The van der Waals surface area contributed by atoms with E-state index in [1.165, 1.54) is 0 Å². The van der Waals surface area contributed by atoms with Crippen molar-refractivity contribution in [2.45, 2.75) is 50.0 Å². The average molecular weight is 237 g/mol. The van der Waals surface area contributed by atoms with Crippen LogP contribution in [0.25, 0.3) is 0 Å². The molecular weight excluding hydrogens is 221 g/mol. The Balaban J connectivity index is 1.70. The van der Waals surface area contributed by atoms with E-state index in [0.29, 0.717) is 18.3 Å². The monoisotopic (exact) mass is 237 g/mol. The second-order valence-electron chi connectivity index (χ2n) is 4.80. The van der Waals surface area contributed by atoms with E-state index in [2.05, 4.69) is 15.5 Å². The number of ether oxygens (including phenoxy) is 1. The van der Waals surface area contributed by atoms with Gasteiger partial charge in [-0.2, -0.15) is 5.10 Å². The van der Waals surface area contributed by atoms with E-state index in [1.54, 1.807) is 18.3 Å². The molecule has 3 rings (SSSR count). The molecule has 2 aliphatic rings. The molecular formula is C12H16FN3O. The van der Waals surface area contributed by atoms with Crippen LogP contribution in [0.1, 0.15) is 25.7 Å². The minimum atomic E-state index is -0.950. The SMILES string of the molecule is F[C@H]1[C@@H](Oc2cccnn2)C[C@@H]2CCC[C@H]1N2. The highest BCUT2D eigenvalue weighted by Gasteiger charge is 2.41. The molecule has 92 valence electrons. The first-order chi connectivity index (χ1) is 8.33. The number of aromatic nitrogens is 2. The Hall–Kier alpha value is -1.23. The highest BCUT2D eigenvalue weighted by atomic mass is 19.1. The Kier molecular flexibility index (Phi) is 2.93. The Labute approximate surface area is 99.6 Å². The molecule has 1 aromatic heterocycles. The minimum Gasteiger partial charge on any atom is -0.470 e. The number of piperidine rings is 2. The number of nitrogens with one attached hydrogen (secondary N) is 1. The average Bonchev–Trinajstić information content (AvgIpc) is 2.37. The molecule has 5 heteroatoms. The zero-order chi connectivity index (χ0) is 11.7. The highest BCUT2D eigenvalue weighted by Crippen LogP contribution is 2.30. The fraction of sp³-hybridized carbons (Fsp3) is 0.667. The minimum absolute atomic E-state index is 0.0517. The van der Waals surface area contributed by atoms with Gasteiger partial charge >= 0.3 is 0 Å². The van der Waals surface area contributed by atoms with E-state index >= 15 is 0 Å². The maximum atomic E-state index is 14.2. The highest BCUT2D eigenvalue weighted by molar-refractivity contribution is 5.08. The molecule has 2 bridgehead atoms. The maximum absolute atomic E-state index is 14.2. The summed E-state index contributed by atoms with van der Waals surface area (Å²) in [6.45, 7) is 0. The van der Waals surface area contributed by atoms with Crippen LogP contribution in [0.3, 0.4) is 0 Å². The molecule has 4 nitrogen and oxygen atoms in total. The maximum Gasteiger partial charge on any atom is 0.233 e. The smallest absolute Gasteiger partial charge is 0.233 e. The molecule has 0 radical (unpaired) electrons. The zero-order valence-corrected chi connectivity index (χ0v) is 9.55. The number of halogens is 1. The second kappa shape index (κ2) is 4.56. The standard InChI is InChI=1S/C12H16FN3O/c13-12-9-4-1-3-8(15-9)7-10(12)17-11-5-2-6-14-16-11/h2,5-6,8-10,12,15H,1,3-4,7H2/t8-,9+,10-,12+/m0/s1. The van der Waals surface area contributed by atoms with E-state index < -0.39 is 6.17 Å². The van der Waals surface area contributed by atoms with Crippen LogP contribution in [0.4, 0.5) is 4.39 Å². The largest absolute Gasteiger partial charge is 0.470 e. The van der Waals surface area contributed by atoms with Crippen molar-refractivity contribution in [3.8, 4) is 5.88 Å². The molecule has 0 spiro atoms. The van der Waals surface area contributed by atoms with Crippen LogP contribution in [0.5, 0.6) is 5.88 Å². The van der Waals surface area contributed by atoms with Crippen LogP contribution in [-0.2, 0) is 0 Å². The second-order valence-corrected chi connectivity index (χ2v) is 4.80. The molecule has 2 aliphatic heterocycles. The van der Waals surface area contributed by atoms with Gasteiger partial charge in [-0.25, -0.2) is 4.39 Å². The molecule has 0 aliphatic carbocycles. The Morgan fingerprint density at radius 3 is 3.18 bits per heavy atom. The summed E-state index contributed by atoms with van der Waals surface area (Å²) < 4.78 is 19.8. The van der Waals surface area contributed by atoms with Gasteiger partial charge in [0.05, 0.1) is 0 Å². The van der Waals surface area contributed by atoms with E-state index in [4.69, 9.17) is 4.74 Å². The van der Waals surface area contributed by atoms with Crippen molar-refractivity contribution in [3.63, 3.8) is 0 Å². The number of alkyl halides is 1. The number of nitrogens with zero attached hydrogens (tertiary/aromatic N) is 2. The molecule has 3 heterocycles. The van der Waals surface area contributed by atoms with Crippen molar-refractivity contribution < 1.29 is 9.13 Å². The third kappa shape index (κ3) is 2.24. The molecule has 0 unspecified atom stereocenters. The van der Waals surface area contributed by atoms with Gasteiger partial charge in [0, 0.05) is 30.8 Å². The molecule has 1 aromatic rings. The normalized spacial score (nSPS) is 36.5. The fourth-order valence-corrected chi connectivity index (χ4v) is 2.78. The summed E-state index contributed by atoms with van der Waals surface area (Å²) in [5.41, 5.74) is 0. The molecule has 4 atom stereocenters. The number of fused-ring (bicyclic) bond motifs is 2. The predicted octanol–water partition coefficient (Wildman–Crippen LogP) is 1.48. The van der Waals surface area contributed by atoms with Gasteiger partial charge in [-0.15, -0.1) is 5.10 Å². The van der Waals surface area contributed by atoms with Gasteiger partial charge in [-0.3, -0.25) is 0 Å². The Morgan fingerprint density at radius 1 is 1.41 bits per heavy atom. The molecule has 2 saturated heterocycles. The fourth-order valence-electron chi connectivity index (χ4n) is 2.78. The van der Waals surface area contributed by atoms with Crippen LogP contribution >= 0.6 is 0 Å². The van der Waals surface area contributed by atoms with Crippen molar-refractivity contribution in [1.29, 1.82) is 0 Å². The van der Waals surface area contributed by atoms with Gasteiger partial charge in [0.25, 0.3) is 0 Å². The Morgan fingerprint density at radius 2 is 2.35 bits per heavy atom. The topological polar surface area (TPSA) is 47.0 Å². The Bertz CT molecular complexity index is 375. The van der Waals surface area contributed by atoms with Crippen molar-refractivity contribution in [1.82, 2.24) is 15.5 Å². The first-order valence-corrected chi connectivity index (χ1v) is 6.17. The lowest BCUT2D eigenvalue weighted by molar-refractivity contribution is 0.00650. The van der Waals surface area contributed by atoms with E-state index in [0.717, 1.165) is 19.3 Å². The molecule has 1 N–H and O–H groups in total. The summed E-state index contributed by atoms with van der Waals surface area (Å²) >= 11 is 0. The lowest BCUT2D eigenvalue weighted by Crippen LogP contribution is -2.59. The number of rotatable bonds is 2. The third-order valence-corrected chi connectivity index (χ3v) is 3.59. The van der Waals surface area contributed by atoms with Crippen molar-refractivity contribution >= 4 is 0 Å². The summed E-state index contributed by atoms with van der Waals surface area (Å²) in [6.07, 6.45) is 4.09. The van der Waals surface area contributed by atoms with Gasteiger partial charge in [0.1, 0.15) is 6.10 Å².